The number of hydrogen-bond acceptors (Lipinski definition) is 4. The first-order chi connectivity index (χ1) is 8.69. The quantitative estimate of drug-likeness (QED) is 0.797. The lowest BCUT2D eigenvalue weighted by Gasteiger charge is -2.09. The molecule has 2 rings (SSSR count). The molecule has 0 spiro atoms. The van der Waals surface area contributed by atoms with E-state index in [0.717, 1.165) is 26.6 Å². The topological polar surface area (TPSA) is 49.8 Å². The Morgan fingerprint density at radius 3 is 2.78 bits per heavy atom. The number of rotatable bonds is 4. The number of nitrogens with one attached hydrogen (secondary N) is 2. The van der Waals surface area contributed by atoms with Crippen molar-refractivity contribution in [3.05, 3.63) is 39.2 Å². The third kappa shape index (κ3) is 3.46. The fraction of sp³-hybridized carbons (Fsp3) is 0.167. The van der Waals surface area contributed by atoms with Crippen molar-refractivity contribution in [2.75, 3.05) is 17.2 Å². The normalized spacial score (nSPS) is 10.2. The van der Waals surface area contributed by atoms with Crippen LogP contribution in [0.25, 0.3) is 0 Å². The highest BCUT2D eigenvalue weighted by Gasteiger charge is 2.03. The molecule has 2 N–H and O–H groups in total. The molecule has 1 aromatic heterocycles. The van der Waals surface area contributed by atoms with Crippen molar-refractivity contribution < 1.29 is 0 Å². The van der Waals surface area contributed by atoms with Gasteiger partial charge in [0.15, 0.2) is 5.82 Å². The second kappa shape index (κ2) is 6.19. The van der Waals surface area contributed by atoms with Crippen LogP contribution in [0.5, 0.6) is 0 Å². The predicted octanol–water partition coefficient (Wildman–Crippen LogP) is 3.91. The molecule has 1 heterocycles. The van der Waals surface area contributed by atoms with E-state index in [1.165, 1.54) is 0 Å². The summed E-state index contributed by atoms with van der Waals surface area (Å²) in [6.07, 6.45) is 3.38. The summed E-state index contributed by atoms with van der Waals surface area (Å²) in [6.45, 7) is 2.83. The molecular weight excluding hydrogens is 363 g/mol. The smallest absolute Gasteiger partial charge is 0.151 e. The predicted molar refractivity (Wildman–Crippen MR) is 83.6 cm³/mol. The molecule has 94 valence electrons. The van der Waals surface area contributed by atoms with E-state index >= 15 is 0 Å². The van der Waals surface area contributed by atoms with E-state index in [0.29, 0.717) is 5.82 Å². The highest BCUT2D eigenvalue weighted by Crippen LogP contribution is 2.24. The van der Waals surface area contributed by atoms with Crippen LogP contribution in [0.4, 0.5) is 17.3 Å². The monoisotopic (exact) mass is 374 g/mol. The van der Waals surface area contributed by atoms with Crippen LogP contribution in [0.2, 0.25) is 5.02 Å². The van der Waals surface area contributed by atoms with E-state index in [4.69, 9.17) is 11.6 Å². The summed E-state index contributed by atoms with van der Waals surface area (Å²) < 4.78 is 1.04. The molecule has 0 aliphatic carbocycles. The van der Waals surface area contributed by atoms with Crippen LogP contribution < -0.4 is 10.6 Å². The molecule has 0 bridgehead atoms. The van der Waals surface area contributed by atoms with Crippen molar-refractivity contribution in [3.8, 4) is 0 Å². The molecule has 6 heteroatoms. The van der Waals surface area contributed by atoms with Gasteiger partial charge >= 0.3 is 0 Å². The minimum Gasteiger partial charge on any atom is -0.369 e. The number of aromatic nitrogens is 2. The summed E-state index contributed by atoms with van der Waals surface area (Å²) in [5, 5.41) is 7.06. The summed E-state index contributed by atoms with van der Waals surface area (Å²) >= 11 is 8.14. The molecule has 1 aromatic carbocycles. The number of anilines is 3. The fourth-order valence-electron chi connectivity index (χ4n) is 1.42. The van der Waals surface area contributed by atoms with Gasteiger partial charge in [-0.25, -0.2) is 4.98 Å². The Labute approximate surface area is 124 Å². The van der Waals surface area contributed by atoms with Crippen LogP contribution in [-0.2, 0) is 0 Å². The van der Waals surface area contributed by atoms with Crippen LogP contribution in [0.3, 0.4) is 0 Å². The van der Waals surface area contributed by atoms with Gasteiger partial charge in [0.2, 0.25) is 0 Å². The first kappa shape index (κ1) is 13.4. The van der Waals surface area contributed by atoms with Crippen molar-refractivity contribution in [3.63, 3.8) is 0 Å². The summed E-state index contributed by atoms with van der Waals surface area (Å²) in [6, 6.07) is 5.66. The van der Waals surface area contributed by atoms with Gasteiger partial charge in [-0.2, -0.15) is 0 Å². The molecule has 0 saturated heterocycles. The SMILES string of the molecule is CCNc1cncc(Nc2ccc(Cl)cc2I)n1. The van der Waals surface area contributed by atoms with Crippen molar-refractivity contribution in [1.82, 2.24) is 9.97 Å². The second-order valence-corrected chi connectivity index (χ2v) is 5.17. The minimum atomic E-state index is 0.702. The van der Waals surface area contributed by atoms with Crippen LogP contribution in [0.15, 0.2) is 30.6 Å². The Bertz CT molecular complexity index is 547. The Kier molecular flexibility index (Phi) is 4.60. The van der Waals surface area contributed by atoms with Gasteiger partial charge < -0.3 is 10.6 Å². The molecule has 4 nitrogen and oxygen atoms in total. The summed E-state index contributed by atoms with van der Waals surface area (Å²) in [4.78, 5) is 8.53. The van der Waals surface area contributed by atoms with Gasteiger partial charge in [-0.3, -0.25) is 4.98 Å². The van der Waals surface area contributed by atoms with Crippen molar-refractivity contribution >= 4 is 51.5 Å². The van der Waals surface area contributed by atoms with Crippen LogP contribution in [0, 0.1) is 3.57 Å². The van der Waals surface area contributed by atoms with Gasteiger partial charge in [0, 0.05) is 15.1 Å². The summed E-state index contributed by atoms with van der Waals surface area (Å²) in [7, 11) is 0. The molecule has 18 heavy (non-hydrogen) atoms. The molecule has 0 radical (unpaired) electrons. The highest BCUT2D eigenvalue weighted by atomic mass is 127. The molecule has 0 fully saturated rings. The van der Waals surface area contributed by atoms with Crippen molar-refractivity contribution in [2.45, 2.75) is 6.92 Å². The lowest BCUT2D eigenvalue weighted by atomic mass is 10.3. The number of nitrogens with zero attached hydrogens (tertiary/aromatic N) is 2. The minimum absolute atomic E-state index is 0.702. The first-order valence-corrected chi connectivity index (χ1v) is 6.92. The third-order valence-electron chi connectivity index (χ3n) is 2.19. The van der Waals surface area contributed by atoms with E-state index in [2.05, 4.69) is 43.2 Å². The second-order valence-electron chi connectivity index (χ2n) is 3.57. The largest absolute Gasteiger partial charge is 0.369 e. The molecule has 0 saturated carbocycles. The Morgan fingerprint density at radius 2 is 2.06 bits per heavy atom. The third-order valence-corrected chi connectivity index (χ3v) is 3.31. The number of benzene rings is 1. The van der Waals surface area contributed by atoms with Crippen molar-refractivity contribution in [2.24, 2.45) is 0 Å². The standard InChI is InChI=1S/C12H12ClIN4/c1-2-16-11-6-15-7-12(18-11)17-10-4-3-8(13)5-9(10)14/h3-7H,2H2,1H3,(H2,16,17,18). The molecule has 0 atom stereocenters. The van der Waals surface area contributed by atoms with Gasteiger partial charge in [-0.1, -0.05) is 11.6 Å². The van der Waals surface area contributed by atoms with E-state index in [1.54, 1.807) is 12.4 Å². The Morgan fingerprint density at radius 1 is 1.28 bits per heavy atom. The maximum absolute atomic E-state index is 5.92. The Hall–Kier alpha value is -1.08. The zero-order chi connectivity index (χ0) is 13.0. The van der Waals surface area contributed by atoms with Gasteiger partial charge in [-0.05, 0) is 47.7 Å². The summed E-state index contributed by atoms with van der Waals surface area (Å²) in [5.74, 6) is 1.46. The molecule has 2 aromatic rings. The molecular formula is C12H12ClIN4. The zero-order valence-electron chi connectivity index (χ0n) is 9.74. The number of hydrogen-bond donors (Lipinski definition) is 2. The molecule has 0 unspecified atom stereocenters. The van der Waals surface area contributed by atoms with Crippen LogP contribution >= 0.6 is 34.2 Å². The average molecular weight is 375 g/mol. The van der Waals surface area contributed by atoms with Gasteiger partial charge in [-0.15, -0.1) is 0 Å². The van der Waals surface area contributed by atoms with Gasteiger partial charge in [0.1, 0.15) is 5.82 Å². The molecule has 0 amide bonds. The average Bonchev–Trinajstić information content (AvgIpc) is 2.34. The lowest BCUT2D eigenvalue weighted by molar-refractivity contribution is 1.12. The van der Waals surface area contributed by atoms with E-state index in [-0.39, 0.29) is 0 Å². The maximum atomic E-state index is 5.92. The molecule has 0 aliphatic rings. The van der Waals surface area contributed by atoms with E-state index in [1.807, 2.05) is 25.1 Å². The van der Waals surface area contributed by atoms with Crippen LogP contribution in [0.1, 0.15) is 6.92 Å². The van der Waals surface area contributed by atoms with E-state index < -0.39 is 0 Å². The maximum Gasteiger partial charge on any atom is 0.151 e. The zero-order valence-corrected chi connectivity index (χ0v) is 12.7. The van der Waals surface area contributed by atoms with Crippen molar-refractivity contribution in [1.29, 1.82) is 0 Å². The Balaban J connectivity index is 2.20. The highest BCUT2D eigenvalue weighted by molar-refractivity contribution is 14.1. The lowest BCUT2D eigenvalue weighted by Crippen LogP contribution is -2.02. The van der Waals surface area contributed by atoms with Crippen LogP contribution in [-0.4, -0.2) is 16.5 Å². The first-order valence-electron chi connectivity index (χ1n) is 5.47. The number of halogens is 2. The fourth-order valence-corrected chi connectivity index (χ4v) is 2.43. The molecule has 0 aliphatic heterocycles. The summed E-state index contributed by atoms with van der Waals surface area (Å²) in [5.41, 5.74) is 0.961. The van der Waals surface area contributed by atoms with Gasteiger partial charge in [0.25, 0.3) is 0 Å². The van der Waals surface area contributed by atoms with E-state index in [9.17, 15) is 0 Å². The van der Waals surface area contributed by atoms with Gasteiger partial charge in [0.05, 0.1) is 18.1 Å².